The van der Waals surface area contributed by atoms with Gasteiger partial charge in [0.15, 0.2) is 0 Å². The van der Waals surface area contributed by atoms with E-state index in [-0.39, 0.29) is 53.9 Å². The fourth-order valence-corrected chi connectivity index (χ4v) is 11.7. The minimum Gasteiger partial charge on any atom is -0.492 e. The Morgan fingerprint density at radius 1 is 0.420 bits per heavy atom. The Kier molecular flexibility index (Phi) is 23.7. The number of hydrogen-bond acceptors (Lipinski definition) is 14. The summed E-state index contributed by atoms with van der Waals surface area (Å²) in [6.07, 6.45) is 2.78. The molecule has 0 bridgehead atoms. The zero-order chi connectivity index (χ0) is 65.2. The van der Waals surface area contributed by atoms with E-state index in [4.69, 9.17) is 33.2 Å². The van der Waals surface area contributed by atoms with Gasteiger partial charge in [-0.15, -0.1) is 0 Å². The predicted octanol–water partition coefficient (Wildman–Crippen LogP) is 13.1. The standard InChI is InChI=1S/C71H106N4O13/c1-66(2,3)83-60(76)57(53-29-33-73(45-53)63(79)86-69(10,11)12)41-49-23-19-22-48(38-49)28-32-72(44-52-26-20-24-50(39-52)42-58(61(77)84-67(4,5)6)54-30-34-74(46-54)64(80)87-70(13,14)15)36-37-82-56-27-21-25-51(40-56)43-59(62(78)85-68(7,8)9)55-31-35-75(47-55)65(81)88-71(16,17)18/h19-27,38-40,53-55,57-59H,28-37,41-47H2,1-18H3/t53-,54-,55-,57-,58-,59-/m0/s1. The highest BCUT2D eigenvalue weighted by Crippen LogP contribution is 2.35. The van der Waals surface area contributed by atoms with Gasteiger partial charge < -0.3 is 47.9 Å². The molecule has 3 heterocycles. The molecular weight excluding hydrogens is 1120 g/mol. The topological polar surface area (TPSA) is 180 Å². The molecule has 6 atom stereocenters. The second kappa shape index (κ2) is 29.5. The van der Waals surface area contributed by atoms with Gasteiger partial charge in [-0.05, 0) is 227 Å². The normalized spacial score (nSPS) is 18.8. The van der Waals surface area contributed by atoms with Gasteiger partial charge in [0, 0.05) is 58.9 Å². The summed E-state index contributed by atoms with van der Waals surface area (Å²) in [5.41, 5.74) is 1.06. The second-order valence-electron chi connectivity index (χ2n) is 30.6. The molecule has 3 saturated heterocycles. The Morgan fingerprint density at radius 2 is 0.739 bits per heavy atom. The monoisotopic (exact) mass is 1220 g/mol. The lowest BCUT2D eigenvalue weighted by molar-refractivity contribution is -0.163. The van der Waals surface area contributed by atoms with Crippen LogP contribution in [0.15, 0.2) is 72.8 Å². The van der Waals surface area contributed by atoms with Crippen molar-refractivity contribution < 1.29 is 61.9 Å². The lowest BCUT2D eigenvalue weighted by Crippen LogP contribution is -2.38. The number of carbonyl (C=O) groups is 6. The number of ether oxygens (including phenoxy) is 7. The molecule has 3 aliphatic rings. The van der Waals surface area contributed by atoms with Crippen LogP contribution in [0.3, 0.4) is 0 Å². The van der Waals surface area contributed by atoms with Gasteiger partial charge in [-0.3, -0.25) is 19.3 Å². The van der Waals surface area contributed by atoms with E-state index < -0.39 is 51.4 Å². The Balaban J connectivity index is 1.23. The molecule has 3 amide bonds. The van der Waals surface area contributed by atoms with Crippen LogP contribution in [0.5, 0.6) is 5.75 Å². The summed E-state index contributed by atoms with van der Waals surface area (Å²) in [4.78, 5) is 89.1. The molecule has 0 radical (unpaired) electrons. The van der Waals surface area contributed by atoms with E-state index in [9.17, 15) is 28.8 Å². The smallest absolute Gasteiger partial charge is 0.410 e. The summed E-state index contributed by atoms with van der Waals surface area (Å²) in [6, 6.07) is 24.6. The van der Waals surface area contributed by atoms with Crippen LogP contribution in [0.2, 0.25) is 0 Å². The quantitative estimate of drug-likeness (QED) is 0.0726. The predicted molar refractivity (Wildman–Crippen MR) is 341 cm³/mol. The van der Waals surface area contributed by atoms with Crippen molar-refractivity contribution in [1.82, 2.24) is 19.6 Å². The molecule has 0 aromatic heterocycles. The van der Waals surface area contributed by atoms with Crippen LogP contribution in [-0.2, 0) is 75.0 Å². The maximum Gasteiger partial charge on any atom is 0.410 e. The average molecular weight is 1220 g/mol. The first-order valence-corrected chi connectivity index (χ1v) is 32.0. The largest absolute Gasteiger partial charge is 0.492 e. The molecule has 0 aliphatic carbocycles. The molecule has 17 nitrogen and oxygen atoms in total. The average Bonchev–Trinajstić information content (AvgIpc) is 3.12. The van der Waals surface area contributed by atoms with E-state index in [1.807, 2.05) is 161 Å². The summed E-state index contributed by atoms with van der Waals surface area (Å²) >= 11 is 0. The molecule has 88 heavy (non-hydrogen) atoms. The molecule has 3 aromatic carbocycles. The summed E-state index contributed by atoms with van der Waals surface area (Å²) in [6.45, 7) is 38.3. The summed E-state index contributed by atoms with van der Waals surface area (Å²) < 4.78 is 41.8. The molecule has 6 rings (SSSR count). The van der Waals surface area contributed by atoms with Crippen LogP contribution in [0.25, 0.3) is 0 Å². The third kappa shape index (κ3) is 23.9. The molecule has 17 heteroatoms. The van der Waals surface area contributed by atoms with Crippen molar-refractivity contribution in [3.8, 4) is 5.75 Å². The Labute approximate surface area is 526 Å². The Morgan fingerprint density at radius 3 is 1.10 bits per heavy atom. The molecule has 0 N–H and O–H groups in total. The van der Waals surface area contributed by atoms with Crippen molar-refractivity contribution in [1.29, 1.82) is 0 Å². The number of nitrogens with zero attached hydrogens (tertiary/aromatic N) is 4. The Hall–Kier alpha value is -6.36. The number of likely N-dealkylation sites (tertiary alicyclic amines) is 3. The lowest BCUT2D eigenvalue weighted by Gasteiger charge is -2.28. The minimum absolute atomic E-state index is 0.113. The first kappa shape index (κ1) is 70.7. The van der Waals surface area contributed by atoms with E-state index in [2.05, 4.69) is 41.3 Å². The van der Waals surface area contributed by atoms with Gasteiger partial charge in [-0.1, -0.05) is 60.7 Å². The number of rotatable bonds is 21. The van der Waals surface area contributed by atoms with E-state index in [1.54, 1.807) is 14.7 Å². The van der Waals surface area contributed by atoms with Crippen molar-refractivity contribution in [2.24, 2.45) is 35.5 Å². The van der Waals surface area contributed by atoms with Gasteiger partial charge in [-0.25, -0.2) is 14.4 Å². The van der Waals surface area contributed by atoms with Gasteiger partial charge in [-0.2, -0.15) is 0 Å². The second-order valence-corrected chi connectivity index (χ2v) is 30.6. The summed E-state index contributed by atoms with van der Waals surface area (Å²) in [7, 11) is 0. The molecule has 3 aromatic rings. The fraction of sp³-hybridized carbons (Fsp3) is 0.662. The number of amides is 3. The third-order valence-electron chi connectivity index (χ3n) is 15.5. The molecule has 0 saturated carbocycles. The molecule has 3 fully saturated rings. The minimum atomic E-state index is -0.698. The number of esters is 3. The molecular formula is C71H106N4O13. The van der Waals surface area contributed by atoms with Crippen molar-refractivity contribution in [3.05, 3.63) is 101 Å². The first-order valence-electron chi connectivity index (χ1n) is 32.0. The van der Waals surface area contributed by atoms with E-state index >= 15 is 0 Å². The van der Waals surface area contributed by atoms with Gasteiger partial charge in [0.05, 0.1) is 17.8 Å². The maximum atomic E-state index is 14.1. The highest BCUT2D eigenvalue weighted by molar-refractivity contribution is 5.76. The SMILES string of the molecule is CC(C)(C)OC(=O)[C@@H](Cc1cccc(CCN(CCOc2cccc(C[C@H](C(=O)OC(C)(C)C)[C@H]3CCN(C(=O)OC(C)(C)C)C3)c2)Cc2cccc(C[C@H](C(=O)OC(C)(C)C)[C@H]3CCN(C(=O)OC(C)(C)C)C3)c2)c1)[C@H]1CCN(C(=O)OC(C)(C)C)C1. The zero-order valence-electron chi connectivity index (χ0n) is 56.5. The van der Waals surface area contributed by atoms with Crippen molar-refractivity contribution in [2.75, 3.05) is 59.0 Å². The third-order valence-corrected chi connectivity index (χ3v) is 15.5. The number of carbonyl (C=O) groups excluding carboxylic acids is 6. The highest BCUT2D eigenvalue weighted by Gasteiger charge is 2.42. The molecule has 0 unspecified atom stereocenters. The summed E-state index contributed by atoms with van der Waals surface area (Å²) in [5, 5.41) is 0. The first-order chi connectivity index (χ1) is 40.7. The lowest BCUT2D eigenvalue weighted by atomic mass is 9.85. The van der Waals surface area contributed by atoms with Crippen molar-refractivity contribution in [3.63, 3.8) is 0 Å². The van der Waals surface area contributed by atoms with Crippen LogP contribution >= 0.6 is 0 Å². The maximum absolute atomic E-state index is 14.1. The zero-order valence-corrected chi connectivity index (χ0v) is 56.5. The number of hydrogen-bond donors (Lipinski definition) is 0. The van der Waals surface area contributed by atoms with Crippen LogP contribution in [-0.4, -0.2) is 148 Å². The van der Waals surface area contributed by atoms with Crippen molar-refractivity contribution in [2.45, 2.75) is 210 Å². The number of benzene rings is 3. The van der Waals surface area contributed by atoms with Crippen LogP contribution < -0.4 is 4.74 Å². The highest BCUT2D eigenvalue weighted by atomic mass is 16.6. The van der Waals surface area contributed by atoms with Gasteiger partial charge >= 0.3 is 36.2 Å². The summed E-state index contributed by atoms with van der Waals surface area (Å²) in [5.74, 6) is -2.04. The van der Waals surface area contributed by atoms with Crippen LogP contribution in [0, 0.1) is 35.5 Å². The molecule has 3 aliphatic heterocycles. The van der Waals surface area contributed by atoms with Crippen LogP contribution in [0.4, 0.5) is 14.4 Å². The van der Waals surface area contributed by atoms with E-state index in [1.165, 1.54) is 0 Å². The van der Waals surface area contributed by atoms with Gasteiger partial charge in [0.1, 0.15) is 46.0 Å². The molecule has 0 spiro atoms. The fourth-order valence-electron chi connectivity index (χ4n) is 11.7. The van der Waals surface area contributed by atoms with Gasteiger partial charge in [0.2, 0.25) is 0 Å². The Bertz CT molecular complexity index is 2850. The van der Waals surface area contributed by atoms with Crippen molar-refractivity contribution >= 4 is 36.2 Å². The van der Waals surface area contributed by atoms with E-state index in [0.29, 0.717) is 116 Å². The van der Waals surface area contributed by atoms with Crippen LogP contribution in [0.1, 0.15) is 172 Å². The van der Waals surface area contributed by atoms with E-state index in [0.717, 1.165) is 27.8 Å². The molecule has 488 valence electrons. The van der Waals surface area contributed by atoms with Gasteiger partial charge in [0.25, 0.3) is 0 Å².